The maximum atomic E-state index is 14.9. The number of pyridine rings is 1. The topological polar surface area (TPSA) is 77.7 Å². The Balaban J connectivity index is 1.99. The first-order valence-electron chi connectivity index (χ1n) is 10.2. The molecular formula is C24H22FN2O4S. The summed E-state index contributed by atoms with van der Waals surface area (Å²) in [6.45, 7) is 4.94. The van der Waals surface area contributed by atoms with Gasteiger partial charge in [0.25, 0.3) is 5.56 Å². The summed E-state index contributed by atoms with van der Waals surface area (Å²) in [5.74, 6) is -0.223. The van der Waals surface area contributed by atoms with Crippen LogP contribution in [0.2, 0.25) is 0 Å². The van der Waals surface area contributed by atoms with Crippen molar-refractivity contribution in [2.24, 2.45) is 12.0 Å². The molecule has 165 valence electrons. The SMILES string of the molecule is CCc1cccc(Oc2ccc(S(=O)(=O)CC)cc2-c2cn(C)c(=O)c3c2=C[CH]N=3)c1F. The summed E-state index contributed by atoms with van der Waals surface area (Å²) in [5, 5.41) is 0.825. The van der Waals surface area contributed by atoms with Gasteiger partial charge in [0.1, 0.15) is 11.1 Å². The average molecular weight is 454 g/mol. The molecule has 0 aliphatic carbocycles. The summed E-state index contributed by atoms with van der Waals surface area (Å²) in [5.41, 5.74) is 1.23. The van der Waals surface area contributed by atoms with Gasteiger partial charge in [0, 0.05) is 29.6 Å². The van der Waals surface area contributed by atoms with Crippen LogP contribution in [0.25, 0.3) is 17.2 Å². The standard InChI is InChI=1S/C24H22FN2O4S/c1-4-15-7-6-8-21(22(15)25)31-20-10-9-16(32(29,30)5-2)13-18(20)19-14-27(3)24(28)23-17(19)11-12-26-23/h6-14H,4-5H2,1-3H3. The highest BCUT2D eigenvalue weighted by molar-refractivity contribution is 7.91. The first-order valence-corrected chi connectivity index (χ1v) is 11.9. The minimum atomic E-state index is -3.51. The van der Waals surface area contributed by atoms with Gasteiger partial charge >= 0.3 is 0 Å². The van der Waals surface area contributed by atoms with E-state index in [1.165, 1.54) is 35.4 Å². The number of benzene rings is 2. The van der Waals surface area contributed by atoms with Crippen LogP contribution in [0.15, 0.2) is 57.3 Å². The van der Waals surface area contributed by atoms with Crippen LogP contribution < -0.4 is 20.9 Å². The number of fused-ring (bicyclic) bond motifs is 1. The number of hydrogen-bond acceptors (Lipinski definition) is 5. The molecule has 1 aliphatic heterocycles. The van der Waals surface area contributed by atoms with E-state index in [1.807, 2.05) is 6.92 Å². The lowest BCUT2D eigenvalue weighted by Crippen LogP contribution is -2.43. The Labute approximate surface area is 185 Å². The first kappa shape index (κ1) is 22.0. The van der Waals surface area contributed by atoms with Gasteiger partial charge < -0.3 is 9.30 Å². The Morgan fingerprint density at radius 1 is 1.09 bits per heavy atom. The zero-order chi connectivity index (χ0) is 23.0. The number of nitrogens with zero attached hydrogens (tertiary/aromatic N) is 2. The number of ether oxygens (including phenoxy) is 1. The number of hydrogen-bond donors (Lipinski definition) is 0. The molecule has 0 N–H and O–H groups in total. The van der Waals surface area contributed by atoms with E-state index in [1.54, 1.807) is 38.4 Å². The van der Waals surface area contributed by atoms with Crippen molar-refractivity contribution < 1.29 is 17.5 Å². The van der Waals surface area contributed by atoms with Crippen LogP contribution in [0.5, 0.6) is 11.5 Å². The average Bonchev–Trinajstić information content (AvgIpc) is 3.28. The largest absolute Gasteiger partial charge is 0.454 e. The van der Waals surface area contributed by atoms with E-state index in [0.717, 1.165) is 0 Å². The molecule has 0 atom stereocenters. The normalized spacial score (nSPS) is 12.8. The molecule has 0 spiro atoms. The van der Waals surface area contributed by atoms with Crippen LogP contribution in [0, 0.1) is 12.4 Å². The van der Waals surface area contributed by atoms with E-state index in [2.05, 4.69) is 4.99 Å². The number of aryl methyl sites for hydroxylation is 2. The van der Waals surface area contributed by atoms with Crippen LogP contribution >= 0.6 is 0 Å². The van der Waals surface area contributed by atoms with Crippen molar-refractivity contribution in [3.8, 4) is 22.6 Å². The van der Waals surface area contributed by atoms with E-state index in [-0.39, 0.29) is 33.1 Å². The van der Waals surface area contributed by atoms with Crippen LogP contribution in [0.3, 0.4) is 0 Å². The van der Waals surface area contributed by atoms with Gasteiger partial charge in [-0.2, -0.15) is 0 Å². The third-order valence-electron chi connectivity index (χ3n) is 5.46. The predicted octanol–water partition coefficient (Wildman–Crippen LogP) is 2.92. The van der Waals surface area contributed by atoms with Gasteiger partial charge in [0.2, 0.25) is 0 Å². The Kier molecular flexibility index (Phi) is 5.73. The fraction of sp³-hybridized carbons (Fsp3) is 0.208. The lowest BCUT2D eigenvalue weighted by atomic mass is 10.0. The quantitative estimate of drug-likeness (QED) is 0.575. The molecule has 2 heterocycles. The molecular weight excluding hydrogens is 431 g/mol. The van der Waals surface area contributed by atoms with E-state index in [0.29, 0.717) is 28.3 Å². The van der Waals surface area contributed by atoms with E-state index in [9.17, 15) is 17.6 Å². The monoisotopic (exact) mass is 453 g/mol. The molecule has 1 radical (unpaired) electrons. The molecule has 0 saturated heterocycles. The van der Waals surface area contributed by atoms with Crippen LogP contribution in [0.4, 0.5) is 4.39 Å². The van der Waals surface area contributed by atoms with Gasteiger partial charge in [-0.1, -0.05) is 26.0 Å². The number of sulfone groups is 1. The molecule has 4 rings (SSSR count). The smallest absolute Gasteiger partial charge is 0.276 e. The third-order valence-corrected chi connectivity index (χ3v) is 7.19. The second-order valence-corrected chi connectivity index (χ2v) is 9.69. The second kappa shape index (κ2) is 8.35. The predicted molar refractivity (Wildman–Crippen MR) is 120 cm³/mol. The Hall–Kier alpha value is -3.26. The van der Waals surface area contributed by atoms with Crippen molar-refractivity contribution in [1.82, 2.24) is 4.57 Å². The highest BCUT2D eigenvalue weighted by Gasteiger charge is 2.20. The van der Waals surface area contributed by atoms with Gasteiger partial charge in [-0.15, -0.1) is 0 Å². The molecule has 1 aromatic heterocycles. The molecule has 8 heteroatoms. The second-order valence-electron chi connectivity index (χ2n) is 7.41. The highest BCUT2D eigenvalue weighted by Crippen LogP contribution is 2.35. The number of rotatable bonds is 6. The molecule has 0 bridgehead atoms. The zero-order valence-corrected chi connectivity index (χ0v) is 18.7. The van der Waals surface area contributed by atoms with Gasteiger partial charge in [0.15, 0.2) is 21.4 Å². The Bertz CT molecular complexity index is 1510. The minimum absolute atomic E-state index is 0.0402. The lowest BCUT2D eigenvalue weighted by Gasteiger charge is -2.15. The summed E-state index contributed by atoms with van der Waals surface area (Å²) in [4.78, 5) is 16.7. The molecule has 0 amide bonds. The van der Waals surface area contributed by atoms with Gasteiger partial charge in [-0.25, -0.2) is 12.8 Å². The van der Waals surface area contributed by atoms with Gasteiger partial charge in [0.05, 0.1) is 17.2 Å². The van der Waals surface area contributed by atoms with E-state index < -0.39 is 15.7 Å². The van der Waals surface area contributed by atoms with Crippen molar-refractivity contribution in [2.75, 3.05) is 5.75 Å². The van der Waals surface area contributed by atoms with Crippen LogP contribution in [-0.4, -0.2) is 18.7 Å². The summed E-state index contributed by atoms with van der Waals surface area (Å²) >= 11 is 0. The summed E-state index contributed by atoms with van der Waals surface area (Å²) < 4.78 is 47.3. The molecule has 6 nitrogen and oxygen atoms in total. The van der Waals surface area contributed by atoms with Gasteiger partial charge in [-0.3, -0.25) is 9.79 Å². The minimum Gasteiger partial charge on any atom is -0.454 e. The number of halogens is 1. The summed E-state index contributed by atoms with van der Waals surface area (Å²) in [6, 6.07) is 9.38. The maximum Gasteiger partial charge on any atom is 0.276 e. The molecule has 3 aromatic rings. The third kappa shape index (κ3) is 3.75. The fourth-order valence-corrected chi connectivity index (χ4v) is 4.53. The van der Waals surface area contributed by atoms with Crippen molar-refractivity contribution in [3.63, 3.8) is 0 Å². The summed E-state index contributed by atoms with van der Waals surface area (Å²) in [7, 11) is -1.91. The Morgan fingerprint density at radius 3 is 2.59 bits per heavy atom. The van der Waals surface area contributed by atoms with Crippen LogP contribution in [-0.2, 0) is 23.3 Å². The molecule has 2 aromatic carbocycles. The molecule has 0 fully saturated rings. The maximum absolute atomic E-state index is 14.9. The van der Waals surface area contributed by atoms with Crippen molar-refractivity contribution in [2.45, 2.75) is 25.2 Å². The fourth-order valence-electron chi connectivity index (χ4n) is 3.62. The zero-order valence-electron chi connectivity index (χ0n) is 17.9. The van der Waals surface area contributed by atoms with Crippen LogP contribution in [0.1, 0.15) is 19.4 Å². The van der Waals surface area contributed by atoms with E-state index in [4.69, 9.17) is 4.74 Å². The molecule has 32 heavy (non-hydrogen) atoms. The van der Waals surface area contributed by atoms with Gasteiger partial charge in [-0.05, 0) is 42.3 Å². The van der Waals surface area contributed by atoms with Crippen molar-refractivity contribution >= 4 is 15.9 Å². The molecule has 1 aliphatic rings. The Morgan fingerprint density at radius 2 is 1.88 bits per heavy atom. The van der Waals surface area contributed by atoms with E-state index >= 15 is 0 Å². The molecule has 0 saturated carbocycles. The highest BCUT2D eigenvalue weighted by atomic mass is 32.2. The van der Waals surface area contributed by atoms with Crippen molar-refractivity contribution in [1.29, 1.82) is 0 Å². The lowest BCUT2D eigenvalue weighted by molar-refractivity contribution is 0.440. The summed E-state index contributed by atoms with van der Waals surface area (Å²) in [6.07, 6.45) is 3.80. The van der Waals surface area contributed by atoms with Crippen molar-refractivity contribution in [3.05, 3.63) is 81.5 Å². The molecule has 0 unspecified atom stereocenters. The number of aromatic nitrogens is 1. The first-order chi connectivity index (χ1) is 15.3.